The lowest BCUT2D eigenvalue weighted by molar-refractivity contribution is 0.0761. The first-order valence-electron chi connectivity index (χ1n) is 9.54. The molecule has 3 amide bonds. The van der Waals surface area contributed by atoms with Gasteiger partial charge in [-0.3, -0.25) is 4.79 Å². The van der Waals surface area contributed by atoms with Crippen LogP contribution in [0.5, 0.6) is 5.75 Å². The maximum atomic E-state index is 12.8. The first kappa shape index (κ1) is 18.4. The van der Waals surface area contributed by atoms with Gasteiger partial charge in [-0.1, -0.05) is 12.1 Å². The molecule has 0 aliphatic carbocycles. The molecule has 0 radical (unpaired) electrons. The monoisotopic (exact) mass is 382 g/mol. The standard InChI is InChI=1S/C21H26N4O3/c1-23(2)21(27)25-12-15-11-24(20(26)18-5-4-10-22-18)13-17(15)19(25)14-6-8-16(28-3)9-7-14/h4-10,15,17,19,22H,11-13H2,1-3H3/t15-,17-,19+/m1/s1. The largest absolute Gasteiger partial charge is 0.497 e. The average Bonchev–Trinajstić information content (AvgIpc) is 3.42. The third-order valence-electron chi connectivity index (χ3n) is 5.87. The van der Waals surface area contributed by atoms with E-state index in [1.165, 1.54) is 0 Å². The maximum Gasteiger partial charge on any atom is 0.320 e. The van der Waals surface area contributed by atoms with E-state index in [2.05, 4.69) is 4.98 Å². The molecular formula is C21H26N4O3. The van der Waals surface area contributed by atoms with Gasteiger partial charge in [-0.2, -0.15) is 0 Å². The summed E-state index contributed by atoms with van der Waals surface area (Å²) in [7, 11) is 5.20. The Morgan fingerprint density at radius 2 is 1.86 bits per heavy atom. The predicted octanol–water partition coefficient (Wildman–Crippen LogP) is 2.45. The highest BCUT2D eigenvalue weighted by Gasteiger charge is 2.50. The van der Waals surface area contributed by atoms with Gasteiger partial charge in [0.25, 0.3) is 5.91 Å². The molecule has 1 aromatic heterocycles. The number of hydrogen-bond acceptors (Lipinski definition) is 3. The van der Waals surface area contributed by atoms with Crippen molar-refractivity contribution in [2.45, 2.75) is 6.04 Å². The Kier molecular flexibility index (Phi) is 4.75. The molecule has 0 bridgehead atoms. The quantitative estimate of drug-likeness (QED) is 0.887. The summed E-state index contributed by atoms with van der Waals surface area (Å²) >= 11 is 0. The Morgan fingerprint density at radius 3 is 2.46 bits per heavy atom. The van der Waals surface area contributed by atoms with Gasteiger partial charge in [0.2, 0.25) is 0 Å². The molecule has 0 spiro atoms. The molecular weight excluding hydrogens is 356 g/mol. The maximum absolute atomic E-state index is 12.8. The molecule has 2 aromatic rings. The molecule has 3 atom stereocenters. The molecule has 0 unspecified atom stereocenters. The van der Waals surface area contributed by atoms with E-state index in [1.54, 1.807) is 38.4 Å². The minimum atomic E-state index is -0.0488. The summed E-state index contributed by atoms with van der Waals surface area (Å²) in [5, 5.41) is 0. The Hall–Kier alpha value is -2.96. The van der Waals surface area contributed by atoms with Gasteiger partial charge < -0.3 is 24.4 Å². The van der Waals surface area contributed by atoms with Gasteiger partial charge in [0.05, 0.1) is 13.2 Å². The van der Waals surface area contributed by atoms with Crippen LogP contribution in [0.25, 0.3) is 0 Å². The lowest BCUT2D eigenvalue weighted by atomic mass is 9.89. The minimum Gasteiger partial charge on any atom is -0.497 e. The van der Waals surface area contributed by atoms with Crippen LogP contribution in [0.1, 0.15) is 22.1 Å². The summed E-state index contributed by atoms with van der Waals surface area (Å²) in [6.07, 6.45) is 1.77. The number of ether oxygens (including phenoxy) is 1. The second-order valence-electron chi connectivity index (χ2n) is 7.77. The van der Waals surface area contributed by atoms with Gasteiger partial charge in [-0.15, -0.1) is 0 Å². The zero-order valence-electron chi connectivity index (χ0n) is 16.5. The van der Waals surface area contributed by atoms with Crippen molar-refractivity contribution < 1.29 is 14.3 Å². The molecule has 2 aliphatic rings. The number of nitrogens with one attached hydrogen (secondary N) is 1. The van der Waals surface area contributed by atoms with Gasteiger partial charge in [-0.05, 0) is 29.8 Å². The molecule has 3 heterocycles. The number of carbonyl (C=O) groups is 2. The van der Waals surface area contributed by atoms with Crippen molar-refractivity contribution in [3.63, 3.8) is 0 Å². The van der Waals surface area contributed by atoms with Crippen molar-refractivity contribution in [2.24, 2.45) is 11.8 Å². The van der Waals surface area contributed by atoms with E-state index in [1.807, 2.05) is 40.1 Å². The number of aromatic amines is 1. The second-order valence-corrected chi connectivity index (χ2v) is 7.77. The summed E-state index contributed by atoms with van der Waals surface area (Å²) in [6.45, 7) is 1.98. The fourth-order valence-electron chi connectivity index (χ4n) is 4.53. The van der Waals surface area contributed by atoms with Gasteiger partial charge in [0.1, 0.15) is 11.4 Å². The van der Waals surface area contributed by atoms with Crippen LogP contribution in [0.15, 0.2) is 42.6 Å². The fourth-order valence-corrected chi connectivity index (χ4v) is 4.53. The van der Waals surface area contributed by atoms with Crippen LogP contribution in [0.3, 0.4) is 0 Å². The number of benzene rings is 1. The summed E-state index contributed by atoms with van der Waals surface area (Å²) < 4.78 is 5.28. The van der Waals surface area contributed by atoms with Crippen LogP contribution >= 0.6 is 0 Å². The van der Waals surface area contributed by atoms with Gasteiger partial charge in [0, 0.05) is 51.8 Å². The zero-order valence-corrected chi connectivity index (χ0v) is 16.5. The van der Waals surface area contributed by atoms with Crippen LogP contribution in [0.4, 0.5) is 4.79 Å². The van der Waals surface area contributed by atoms with Crippen molar-refractivity contribution in [3.8, 4) is 5.75 Å². The van der Waals surface area contributed by atoms with Gasteiger partial charge in [0.15, 0.2) is 0 Å². The first-order chi connectivity index (χ1) is 13.5. The highest BCUT2D eigenvalue weighted by Crippen LogP contribution is 2.45. The van der Waals surface area contributed by atoms with Crippen molar-refractivity contribution in [3.05, 3.63) is 53.9 Å². The number of urea groups is 1. The minimum absolute atomic E-state index is 0.0115. The number of H-pyrrole nitrogens is 1. The van der Waals surface area contributed by atoms with Crippen LogP contribution in [-0.4, -0.2) is 72.5 Å². The summed E-state index contributed by atoms with van der Waals surface area (Å²) in [5.41, 5.74) is 1.69. The Labute approximate surface area is 164 Å². The Bertz CT molecular complexity index is 847. The number of aromatic nitrogens is 1. The van der Waals surface area contributed by atoms with Crippen LogP contribution in [0.2, 0.25) is 0 Å². The molecule has 7 heteroatoms. The third-order valence-corrected chi connectivity index (χ3v) is 5.87. The average molecular weight is 382 g/mol. The molecule has 7 nitrogen and oxygen atoms in total. The molecule has 1 N–H and O–H groups in total. The summed E-state index contributed by atoms with van der Waals surface area (Å²) in [5.74, 6) is 1.31. The lowest BCUT2D eigenvalue weighted by Crippen LogP contribution is -2.42. The molecule has 2 saturated heterocycles. The van der Waals surface area contributed by atoms with E-state index >= 15 is 0 Å². The second kappa shape index (κ2) is 7.22. The predicted molar refractivity (Wildman–Crippen MR) is 105 cm³/mol. The van der Waals surface area contributed by atoms with Gasteiger partial charge in [-0.25, -0.2) is 4.79 Å². The zero-order chi connectivity index (χ0) is 19.8. The highest BCUT2D eigenvalue weighted by atomic mass is 16.5. The molecule has 148 valence electrons. The number of fused-ring (bicyclic) bond motifs is 1. The van der Waals surface area contributed by atoms with E-state index in [0.29, 0.717) is 25.3 Å². The Morgan fingerprint density at radius 1 is 1.11 bits per heavy atom. The highest BCUT2D eigenvalue weighted by molar-refractivity contribution is 5.92. The smallest absolute Gasteiger partial charge is 0.320 e. The summed E-state index contributed by atoms with van der Waals surface area (Å²) in [4.78, 5) is 34.1. The number of likely N-dealkylation sites (tertiary alicyclic amines) is 2. The van der Waals surface area contributed by atoms with Crippen LogP contribution in [-0.2, 0) is 0 Å². The molecule has 4 rings (SSSR count). The molecule has 2 aliphatic heterocycles. The van der Waals surface area contributed by atoms with Crippen molar-refractivity contribution >= 4 is 11.9 Å². The van der Waals surface area contributed by atoms with Crippen molar-refractivity contribution in [2.75, 3.05) is 40.8 Å². The molecule has 28 heavy (non-hydrogen) atoms. The van der Waals surface area contributed by atoms with Gasteiger partial charge >= 0.3 is 6.03 Å². The van der Waals surface area contributed by atoms with Crippen LogP contribution in [0, 0.1) is 11.8 Å². The number of carbonyl (C=O) groups excluding carboxylic acids is 2. The number of rotatable bonds is 3. The first-order valence-corrected chi connectivity index (χ1v) is 9.54. The van der Waals surface area contributed by atoms with E-state index in [-0.39, 0.29) is 29.8 Å². The van der Waals surface area contributed by atoms with E-state index in [9.17, 15) is 9.59 Å². The number of methoxy groups -OCH3 is 1. The van der Waals surface area contributed by atoms with Crippen molar-refractivity contribution in [1.82, 2.24) is 19.7 Å². The SMILES string of the molecule is COc1ccc([C@H]2[C@@H]3CN(C(=O)c4ccc[nH]4)C[C@@H]3CN2C(=O)N(C)C)cc1. The van der Waals surface area contributed by atoms with E-state index < -0.39 is 0 Å². The fraction of sp³-hybridized carbons (Fsp3) is 0.429. The normalized spacial score (nSPS) is 23.6. The number of hydrogen-bond donors (Lipinski definition) is 1. The number of amides is 3. The molecule has 2 fully saturated rings. The Balaban J connectivity index is 1.61. The van der Waals surface area contributed by atoms with E-state index in [0.717, 1.165) is 11.3 Å². The topological polar surface area (TPSA) is 68.9 Å². The van der Waals surface area contributed by atoms with Crippen LogP contribution < -0.4 is 4.74 Å². The number of nitrogens with zero attached hydrogens (tertiary/aromatic N) is 3. The molecule has 0 saturated carbocycles. The van der Waals surface area contributed by atoms with E-state index in [4.69, 9.17) is 4.74 Å². The summed E-state index contributed by atoms with van der Waals surface area (Å²) in [6, 6.07) is 11.5. The van der Waals surface area contributed by atoms with Crippen molar-refractivity contribution in [1.29, 1.82) is 0 Å². The molecule has 1 aromatic carbocycles. The third kappa shape index (κ3) is 3.10. The lowest BCUT2D eigenvalue weighted by Gasteiger charge is -2.32.